The van der Waals surface area contributed by atoms with Gasteiger partial charge in [0.15, 0.2) is 5.96 Å². The Morgan fingerprint density at radius 3 is 2.84 bits per heavy atom. The van der Waals surface area contributed by atoms with Gasteiger partial charge in [0.1, 0.15) is 0 Å². The summed E-state index contributed by atoms with van der Waals surface area (Å²) in [5.41, 5.74) is 5.75. The monoisotopic (exact) mass is 301 g/mol. The summed E-state index contributed by atoms with van der Waals surface area (Å²) >= 11 is 1.74. The van der Waals surface area contributed by atoms with Crippen LogP contribution in [0.2, 0.25) is 0 Å². The molecule has 0 aliphatic rings. The number of guanidine groups is 1. The van der Waals surface area contributed by atoms with Crippen molar-refractivity contribution in [1.29, 1.82) is 0 Å². The first-order valence-electron chi connectivity index (χ1n) is 6.34. The van der Waals surface area contributed by atoms with E-state index in [0.717, 1.165) is 13.0 Å². The van der Waals surface area contributed by atoms with E-state index >= 15 is 0 Å². The van der Waals surface area contributed by atoms with Crippen molar-refractivity contribution < 1.29 is 4.21 Å². The molecule has 108 valence electrons. The van der Waals surface area contributed by atoms with Crippen LogP contribution < -0.4 is 11.1 Å². The molecule has 0 bridgehead atoms. The lowest BCUT2D eigenvalue weighted by Crippen LogP contribution is -2.34. The average molecular weight is 301 g/mol. The van der Waals surface area contributed by atoms with Crippen molar-refractivity contribution in [1.82, 2.24) is 5.32 Å². The molecule has 1 rings (SSSR count). The van der Waals surface area contributed by atoms with E-state index in [-0.39, 0.29) is 4.75 Å². The summed E-state index contributed by atoms with van der Waals surface area (Å²) in [5, 5.41) is 5.13. The van der Waals surface area contributed by atoms with Crippen LogP contribution >= 0.6 is 11.3 Å². The highest BCUT2D eigenvalue weighted by Crippen LogP contribution is 2.10. The zero-order chi connectivity index (χ0) is 14.3. The van der Waals surface area contributed by atoms with Crippen LogP contribution in [0.25, 0.3) is 0 Å². The van der Waals surface area contributed by atoms with Crippen molar-refractivity contribution in [2.24, 2.45) is 10.7 Å². The minimum absolute atomic E-state index is 0.184. The predicted molar refractivity (Wildman–Crippen MR) is 85.3 cm³/mol. The third kappa shape index (κ3) is 6.73. The second kappa shape index (κ2) is 7.65. The largest absolute Gasteiger partial charge is 0.370 e. The van der Waals surface area contributed by atoms with Gasteiger partial charge in [0, 0.05) is 32.7 Å². The van der Waals surface area contributed by atoms with E-state index in [1.54, 1.807) is 11.3 Å². The molecule has 0 saturated heterocycles. The molecule has 1 unspecified atom stereocenters. The van der Waals surface area contributed by atoms with Gasteiger partial charge in [0.25, 0.3) is 0 Å². The van der Waals surface area contributed by atoms with Crippen molar-refractivity contribution in [3.8, 4) is 0 Å². The second-order valence-corrected chi connectivity index (χ2v) is 8.54. The number of nitrogens with two attached hydrogens (primary N) is 1. The quantitative estimate of drug-likeness (QED) is 0.621. The van der Waals surface area contributed by atoms with Gasteiger partial charge in [0.2, 0.25) is 0 Å². The maximum Gasteiger partial charge on any atom is 0.188 e. The molecule has 0 aliphatic carbocycles. The Kier molecular flexibility index (Phi) is 6.51. The topological polar surface area (TPSA) is 67.5 Å². The number of nitrogens with one attached hydrogen (secondary N) is 1. The number of rotatable bonds is 6. The summed E-state index contributed by atoms with van der Waals surface area (Å²) in [5.74, 6) is 0.985. The highest BCUT2D eigenvalue weighted by Gasteiger charge is 2.18. The molecular weight excluding hydrogens is 278 g/mol. The first kappa shape index (κ1) is 16.2. The van der Waals surface area contributed by atoms with Gasteiger partial charge in [-0.15, -0.1) is 11.3 Å². The number of aliphatic imine (C=N–C) groups is 1. The van der Waals surface area contributed by atoms with E-state index in [2.05, 4.69) is 21.8 Å². The second-order valence-electron chi connectivity index (χ2n) is 5.19. The van der Waals surface area contributed by atoms with Crippen LogP contribution in [-0.2, 0) is 17.2 Å². The Morgan fingerprint density at radius 2 is 2.26 bits per heavy atom. The van der Waals surface area contributed by atoms with E-state index in [4.69, 9.17) is 5.73 Å². The molecule has 1 aromatic rings. The van der Waals surface area contributed by atoms with Gasteiger partial charge in [-0.05, 0) is 38.6 Å². The van der Waals surface area contributed by atoms with Crippen molar-refractivity contribution in [3.63, 3.8) is 0 Å². The van der Waals surface area contributed by atoms with E-state index in [1.807, 2.05) is 26.8 Å². The van der Waals surface area contributed by atoms with Crippen LogP contribution in [0.5, 0.6) is 0 Å². The van der Waals surface area contributed by atoms with Crippen LogP contribution in [-0.4, -0.2) is 33.8 Å². The Balaban J connectivity index is 2.20. The molecule has 0 saturated carbocycles. The maximum absolute atomic E-state index is 11.8. The molecule has 0 amide bonds. The fraction of sp³-hybridized carbons (Fsp3) is 0.615. The van der Waals surface area contributed by atoms with Gasteiger partial charge < -0.3 is 11.1 Å². The molecule has 0 radical (unpaired) electrons. The first-order chi connectivity index (χ1) is 8.89. The molecule has 6 heteroatoms. The summed E-state index contributed by atoms with van der Waals surface area (Å²) in [4.78, 5) is 5.52. The van der Waals surface area contributed by atoms with Crippen molar-refractivity contribution in [2.75, 3.05) is 18.8 Å². The molecule has 0 fully saturated rings. The standard InChI is InChI=1S/C13H23N3OS2/c1-13(2,3)19(17)10-8-16-12(14)15-7-6-11-5-4-9-18-11/h4-5,9H,6-8,10H2,1-3H3,(H3,14,15,16). The lowest BCUT2D eigenvalue weighted by Gasteiger charge is -2.16. The molecular formula is C13H23N3OS2. The van der Waals surface area contributed by atoms with E-state index in [9.17, 15) is 4.21 Å². The van der Waals surface area contributed by atoms with Crippen LogP contribution in [0.15, 0.2) is 22.5 Å². The lowest BCUT2D eigenvalue weighted by atomic mass is 10.3. The average Bonchev–Trinajstić information content (AvgIpc) is 2.80. The van der Waals surface area contributed by atoms with Crippen LogP contribution in [0.1, 0.15) is 25.6 Å². The first-order valence-corrected chi connectivity index (χ1v) is 8.54. The molecule has 19 heavy (non-hydrogen) atoms. The number of hydrogen-bond acceptors (Lipinski definition) is 3. The summed E-state index contributed by atoms with van der Waals surface area (Å²) in [6, 6.07) is 4.14. The summed E-state index contributed by atoms with van der Waals surface area (Å²) in [7, 11) is -0.873. The fourth-order valence-electron chi connectivity index (χ4n) is 1.38. The van der Waals surface area contributed by atoms with Gasteiger partial charge in [-0.1, -0.05) is 6.07 Å². The molecule has 1 heterocycles. The van der Waals surface area contributed by atoms with Crippen LogP contribution in [0, 0.1) is 0 Å². The minimum Gasteiger partial charge on any atom is -0.370 e. The Morgan fingerprint density at radius 1 is 1.53 bits per heavy atom. The molecule has 1 aromatic heterocycles. The third-order valence-electron chi connectivity index (χ3n) is 2.50. The third-order valence-corrected chi connectivity index (χ3v) is 5.36. The summed E-state index contributed by atoms with van der Waals surface area (Å²) < 4.78 is 11.6. The smallest absolute Gasteiger partial charge is 0.188 e. The normalized spacial score (nSPS) is 14.4. The van der Waals surface area contributed by atoms with Crippen LogP contribution in [0.4, 0.5) is 0 Å². The highest BCUT2D eigenvalue weighted by atomic mass is 32.2. The van der Waals surface area contributed by atoms with Crippen molar-refractivity contribution in [2.45, 2.75) is 31.9 Å². The number of thiophene rings is 1. The zero-order valence-corrected chi connectivity index (χ0v) is 13.4. The number of hydrogen-bond donors (Lipinski definition) is 2. The SMILES string of the molecule is CC(C)(C)S(=O)CCN=C(N)NCCc1cccs1. The Hall–Kier alpha value is -0.880. The van der Waals surface area contributed by atoms with Crippen molar-refractivity contribution >= 4 is 28.1 Å². The predicted octanol–water partition coefficient (Wildman–Crippen LogP) is 1.74. The van der Waals surface area contributed by atoms with Gasteiger partial charge in [-0.25, -0.2) is 0 Å². The van der Waals surface area contributed by atoms with Gasteiger partial charge in [-0.3, -0.25) is 9.20 Å². The van der Waals surface area contributed by atoms with Gasteiger partial charge in [0.05, 0.1) is 6.54 Å². The lowest BCUT2D eigenvalue weighted by molar-refractivity contribution is 0.648. The molecule has 0 spiro atoms. The highest BCUT2D eigenvalue weighted by molar-refractivity contribution is 7.86. The minimum atomic E-state index is -0.873. The molecule has 0 aromatic carbocycles. The maximum atomic E-state index is 11.8. The molecule has 3 N–H and O–H groups in total. The molecule has 4 nitrogen and oxygen atoms in total. The van der Waals surface area contributed by atoms with Crippen molar-refractivity contribution in [3.05, 3.63) is 22.4 Å². The fourth-order valence-corrected chi connectivity index (χ4v) is 2.96. The van der Waals surface area contributed by atoms with E-state index < -0.39 is 10.8 Å². The Bertz CT molecular complexity index is 422. The van der Waals surface area contributed by atoms with E-state index in [1.165, 1.54) is 4.88 Å². The van der Waals surface area contributed by atoms with Gasteiger partial charge in [-0.2, -0.15) is 0 Å². The zero-order valence-electron chi connectivity index (χ0n) is 11.8. The van der Waals surface area contributed by atoms with Gasteiger partial charge >= 0.3 is 0 Å². The van der Waals surface area contributed by atoms with Crippen LogP contribution in [0.3, 0.4) is 0 Å². The van der Waals surface area contributed by atoms with E-state index in [0.29, 0.717) is 18.3 Å². The molecule has 0 aliphatic heterocycles. The summed E-state index contributed by atoms with van der Waals surface area (Å²) in [6.07, 6.45) is 0.946. The number of nitrogens with zero attached hydrogens (tertiary/aromatic N) is 1. The molecule has 1 atom stereocenters. The Labute approximate surface area is 122 Å². The summed E-state index contributed by atoms with van der Waals surface area (Å²) in [6.45, 7) is 7.18.